The molecule has 0 radical (unpaired) electrons. The van der Waals surface area contributed by atoms with Crippen molar-refractivity contribution in [2.45, 2.75) is 6.92 Å². The molecule has 128 valence electrons. The molecule has 0 saturated carbocycles. The maximum atomic E-state index is 13.3. The third-order valence-electron chi connectivity index (χ3n) is 3.97. The van der Waals surface area contributed by atoms with Gasteiger partial charge in [0, 0.05) is 5.39 Å². The molecule has 0 aliphatic carbocycles. The summed E-state index contributed by atoms with van der Waals surface area (Å²) in [5.41, 5.74) is 1.46. The molecule has 3 aromatic carbocycles. The van der Waals surface area contributed by atoms with Crippen molar-refractivity contribution < 1.29 is 23.8 Å². The SMILES string of the molecule is CCOC(=O)c1cc(-c2ccc(F)cc2)c2cc(OC)ccc2c1O. The van der Waals surface area contributed by atoms with Gasteiger partial charge in [0.2, 0.25) is 0 Å². The summed E-state index contributed by atoms with van der Waals surface area (Å²) in [6.07, 6.45) is 0. The van der Waals surface area contributed by atoms with Gasteiger partial charge in [-0.3, -0.25) is 0 Å². The number of methoxy groups -OCH3 is 1. The van der Waals surface area contributed by atoms with Crippen LogP contribution in [0.15, 0.2) is 48.5 Å². The van der Waals surface area contributed by atoms with Gasteiger partial charge < -0.3 is 14.6 Å². The lowest BCUT2D eigenvalue weighted by molar-refractivity contribution is 0.0523. The summed E-state index contributed by atoms with van der Waals surface area (Å²) >= 11 is 0. The molecule has 0 amide bonds. The number of aromatic hydroxyl groups is 1. The van der Waals surface area contributed by atoms with Crippen molar-refractivity contribution in [3.63, 3.8) is 0 Å². The predicted octanol–water partition coefficient (Wildman–Crippen LogP) is 4.54. The second-order valence-electron chi connectivity index (χ2n) is 5.46. The summed E-state index contributed by atoms with van der Waals surface area (Å²) in [4.78, 5) is 12.2. The zero-order valence-electron chi connectivity index (χ0n) is 13.9. The van der Waals surface area contributed by atoms with Crippen molar-refractivity contribution in [1.29, 1.82) is 0 Å². The first-order valence-electron chi connectivity index (χ1n) is 7.82. The summed E-state index contributed by atoms with van der Waals surface area (Å²) < 4.78 is 23.6. The molecule has 0 unspecified atom stereocenters. The molecule has 0 atom stereocenters. The zero-order valence-corrected chi connectivity index (χ0v) is 13.9. The van der Waals surface area contributed by atoms with Gasteiger partial charge in [-0.25, -0.2) is 9.18 Å². The van der Waals surface area contributed by atoms with Crippen LogP contribution in [-0.4, -0.2) is 24.8 Å². The molecule has 0 aliphatic rings. The lowest BCUT2D eigenvalue weighted by Gasteiger charge is -2.14. The van der Waals surface area contributed by atoms with E-state index in [9.17, 15) is 14.3 Å². The van der Waals surface area contributed by atoms with E-state index in [1.807, 2.05) is 0 Å². The number of fused-ring (bicyclic) bond motifs is 1. The summed E-state index contributed by atoms with van der Waals surface area (Å²) in [7, 11) is 1.55. The van der Waals surface area contributed by atoms with E-state index in [4.69, 9.17) is 9.47 Å². The van der Waals surface area contributed by atoms with E-state index in [-0.39, 0.29) is 23.7 Å². The minimum Gasteiger partial charge on any atom is -0.506 e. The molecule has 0 heterocycles. The predicted molar refractivity (Wildman–Crippen MR) is 93.5 cm³/mol. The summed E-state index contributed by atoms with van der Waals surface area (Å²) in [6, 6.07) is 12.6. The molecule has 3 rings (SSSR count). The van der Waals surface area contributed by atoms with E-state index in [1.54, 1.807) is 50.4 Å². The van der Waals surface area contributed by atoms with E-state index in [0.717, 1.165) is 0 Å². The minimum atomic E-state index is -0.610. The van der Waals surface area contributed by atoms with Gasteiger partial charge in [0.25, 0.3) is 0 Å². The lowest BCUT2D eigenvalue weighted by atomic mass is 9.94. The fraction of sp³-hybridized carbons (Fsp3) is 0.150. The van der Waals surface area contributed by atoms with Crippen LogP contribution in [0.1, 0.15) is 17.3 Å². The number of ether oxygens (including phenoxy) is 2. The molecular weight excluding hydrogens is 323 g/mol. The molecule has 0 spiro atoms. The third-order valence-corrected chi connectivity index (χ3v) is 3.97. The average molecular weight is 340 g/mol. The number of benzene rings is 3. The van der Waals surface area contributed by atoms with Crippen LogP contribution in [0.2, 0.25) is 0 Å². The molecule has 25 heavy (non-hydrogen) atoms. The summed E-state index contributed by atoms with van der Waals surface area (Å²) in [5.74, 6) is -0.503. The smallest absolute Gasteiger partial charge is 0.341 e. The normalized spacial score (nSPS) is 10.7. The maximum Gasteiger partial charge on any atom is 0.341 e. The largest absolute Gasteiger partial charge is 0.506 e. The Morgan fingerprint density at radius 1 is 1.08 bits per heavy atom. The van der Waals surface area contributed by atoms with E-state index in [1.165, 1.54) is 12.1 Å². The number of hydrogen-bond donors (Lipinski definition) is 1. The molecule has 0 bridgehead atoms. The summed E-state index contributed by atoms with van der Waals surface area (Å²) in [6.45, 7) is 1.90. The number of phenolic OH excluding ortho intramolecular Hbond substituents is 1. The first-order valence-corrected chi connectivity index (χ1v) is 7.82. The highest BCUT2D eigenvalue weighted by molar-refractivity contribution is 6.08. The zero-order chi connectivity index (χ0) is 18.0. The molecule has 0 aromatic heterocycles. The number of rotatable bonds is 4. The highest BCUT2D eigenvalue weighted by atomic mass is 19.1. The van der Waals surface area contributed by atoms with E-state index < -0.39 is 5.97 Å². The van der Waals surface area contributed by atoms with Crippen molar-refractivity contribution in [2.24, 2.45) is 0 Å². The molecule has 0 saturated heterocycles. The molecule has 5 heteroatoms. The van der Waals surface area contributed by atoms with E-state index in [0.29, 0.717) is 27.6 Å². The number of halogens is 1. The van der Waals surface area contributed by atoms with Gasteiger partial charge in [0.15, 0.2) is 0 Å². The minimum absolute atomic E-state index is 0.0684. The molecule has 3 aromatic rings. The van der Waals surface area contributed by atoms with E-state index in [2.05, 4.69) is 0 Å². The van der Waals surface area contributed by atoms with Gasteiger partial charge in [0.1, 0.15) is 22.9 Å². The van der Waals surface area contributed by atoms with Crippen molar-refractivity contribution in [1.82, 2.24) is 0 Å². The first kappa shape index (κ1) is 16.8. The molecule has 1 N–H and O–H groups in total. The molecule has 0 aliphatic heterocycles. The Kier molecular flexibility index (Phi) is 4.57. The van der Waals surface area contributed by atoms with Crippen LogP contribution in [0.5, 0.6) is 11.5 Å². The topological polar surface area (TPSA) is 55.8 Å². The Morgan fingerprint density at radius 2 is 1.80 bits per heavy atom. The van der Waals surface area contributed by atoms with Gasteiger partial charge in [-0.15, -0.1) is 0 Å². The van der Waals surface area contributed by atoms with Crippen molar-refractivity contribution in [2.75, 3.05) is 13.7 Å². The highest BCUT2D eigenvalue weighted by Gasteiger charge is 2.19. The highest BCUT2D eigenvalue weighted by Crippen LogP contribution is 2.39. The number of esters is 1. The molecule has 4 nitrogen and oxygen atoms in total. The lowest BCUT2D eigenvalue weighted by Crippen LogP contribution is -2.05. The Balaban J connectivity index is 2.32. The van der Waals surface area contributed by atoms with Crippen LogP contribution >= 0.6 is 0 Å². The van der Waals surface area contributed by atoms with Crippen molar-refractivity contribution in [3.8, 4) is 22.6 Å². The maximum absolute atomic E-state index is 13.3. The molecule has 0 fully saturated rings. The Hall–Kier alpha value is -3.08. The first-order chi connectivity index (χ1) is 12.0. The number of carbonyl (C=O) groups excluding carboxylic acids is 1. The van der Waals surface area contributed by atoms with Gasteiger partial charge in [-0.1, -0.05) is 12.1 Å². The van der Waals surface area contributed by atoms with Gasteiger partial charge >= 0.3 is 5.97 Å². The standard InChI is InChI=1S/C20H17FO4/c1-3-25-20(23)18-11-16(12-4-6-13(21)7-5-12)17-10-14(24-2)8-9-15(17)19(18)22/h4-11,22H,3H2,1-2H3. The van der Waals surface area contributed by atoms with Gasteiger partial charge in [0.05, 0.1) is 13.7 Å². The number of hydrogen-bond acceptors (Lipinski definition) is 4. The van der Waals surface area contributed by atoms with Crippen LogP contribution in [0, 0.1) is 5.82 Å². The van der Waals surface area contributed by atoms with Crippen LogP contribution < -0.4 is 4.74 Å². The van der Waals surface area contributed by atoms with Crippen LogP contribution in [0.3, 0.4) is 0 Å². The fourth-order valence-electron chi connectivity index (χ4n) is 2.75. The Morgan fingerprint density at radius 3 is 2.44 bits per heavy atom. The summed E-state index contributed by atoms with van der Waals surface area (Å²) in [5, 5.41) is 11.7. The van der Waals surface area contributed by atoms with Crippen LogP contribution in [0.4, 0.5) is 4.39 Å². The van der Waals surface area contributed by atoms with Gasteiger partial charge in [-0.2, -0.15) is 0 Å². The fourth-order valence-corrected chi connectivity index (χ4v) is 2.75. The Bertz CT molecular complexity index is 933. The van der Waals surface area contributed by atoms with Crippen LogP contribution in [-0.2, 0) is 4.74 Å². The average Bonchev–Trinajstić information content (AvgIpc) is 2.63. The monoisotopic (exact) mass is 340 g/mol. The second-order valence-corrected chi connectivity index (χ2v) is 5.46. The quantitative estimate of drug-likeness (QED) is 0.709. The van der Waals surface area contributed by atoms with Crippen molar-refractivity contribution in [3.05, 3.63) is 59.9 Å². The van der Waals surface area contributed by atoms with Crippen molar-refractivity contribution >= 4 is 16.7 Å². The Labute approximate surface area is 144 Å². The molecular formula is C20H17FO4. The second kappa shape index (κ2) is 6.81. The number of phenols is 1. The third kappa shape index (κ3) is 3.13. The van der Waals surface area contributed by atoms with E-state index >= 15 is 0 Å². The van der Waals surface area contributed by atoms with Crippen LogP contribution in [0.25, 0.3) is 21.9 Å². The van der Waals surface area contributed by atoms with Gasteiger partial charge in [-0.05, 0) is 59.8 Å². The number of carbonyl (C=O) groups is 1.